The fourth-order valence-electron chi connectivity index (χ4n) is 3.93. The van der Waals surface area contributed by atoms with E-state index in [9.17, 15) is 4.79 Å². The average molecular weight is 421 g/mol. The standard InChI is InChI=1S/C24H27N3O4/c1-29-24(28)23(14-19-12-17-8-4-6-10-22(17)26-19)27-20(15-31-30-2)13-18-11-16-7-3-5-9-21(16)25-18/h3-12,20,23,25-27H,13-15H2,1-2H3. The molecular weight excluding hydrogens is 394 g/mol. The van der Waals surface area contributed by atoms with E-state index >= 15 is 0 Å². The maximum absolute atomic E-state index is 12.6. The van der Waals surface area contributed by atoms with Crippen LogP contribution in [0.15, 0.2) is 60.7 Å². The minimum absolute atomic E-state index is 0.165. The highest BCUT2D eigenvalue weighted by Gasteiger charge is 2.25. The Balaban J connectivity index is 1.52. The molecule has 0 aliphatic carbocycles. The smallest absolute Gasteiger partial charge is 0.323 e. The first-order chi connectivity index (χ1) is 15.2. The monoisotopic (exact) mass is 421 g/mol. The van der Waals surface area contributed by atoms with Gasteiger partial charge in [-0.05, 0) is 35.0 Å². The molecule has 162 valence electrons. The average Bonchev–Trinajstić information content (AvgIpc) is 3.39. The SMILES string of the molecule is COOCC(Cc1cc2ccccc2[nH]1)NC(Cc1cc2ccccc2[nH]1)C(=O)OC. The van der Waals surface area contributed by atoms with Gasteiger partial charge >= 0.3 is 5.97 Å². The zero-order valence-electron chi connectivity index (χ0n) is 17.7. The van der Waals surface area contributed by atoms with Gasteiger partial charge in [0.1, 0.15) is 6.04 Å². The minimum Gasteiger partial charge on any atom is -0.468 e. The summed E-state index contributed by atoms with van der Waals surface area (Å²) in [6.07, 6.45) is 1.11. The van der Waals surface area contributed by atoms with Crippen LogP contribution in [-0.2, 0) is 32.1 Å². The summed E-state index contributed by atoms with van der Waals surface area (Å²) in [5.74, 6) is -0.322. The van der Waals surface area contributed by atoms with Crippen LogP contribution in [0.4, 0.5) is 0 Å². The van der Waals surface area contributed by atoms with Gasteiger partial charge in [-0.2, -0.15) is 0 Å². The summed E-state index contributed by atoms with van der Waals surface area (Å²) >= 11 is 0. The molecular formula is C24H27N3O4. The molecule has 2 aromatic carbocycles. The van der Waals surface area contributed by atoms with Crippen LogP contribution < -0.4 is 5.32 Å². The molecule has 2 heterocycles. The van der Waals surface area contributed by atoms with Crippen molar-refractivity contribution in [2.24, 2.45) is 0 Å². The van der Waals surface area contributed by atoms with Crippen molar-refractivity contribution < 1.29 is 19.3 Å². The number of rotatable bonds is 10. The van der Waals surface area contributed by atoms with Crippen LogP contribution in [-0.4, -0.2) is 48.8 Å². The third kappa shape index (κ3) is 5.14. The molecule has 4 rings (SSSR count). The number of hydrogen-bond acceptors (Lipinski definition) is 5. The molecule has 0 fully saturated rings. The van der Waals surface area contributed by atoms with E-state index in [1.165, 1.54) is 14.2 Å². The van der Waals surface area contributed by atoms with Crippen molar-refractivity contribution in [3.05, 3.63) is 72.1 Å². The van der Waals surface area contributed by atoms with Crippen LogP contribution >= 0.6 is 0 Å². The molecule has 0 bridgehead atoms. The Morgan fingerprint density at radius 3 is 2.03 bits per heavy atom. The van der Waals surface area contributed by atoms with E-state index in [0.717, 1.165) is 33.2 Å². The van der Waals surface area contributed by atoms with Gasteiger partial charge in [0.25, 0.3) is 0 Å². The first kappa shape index (κ1) is 21.1. The lowest BCUT2D eigenvalue weighted by Gasteiger charge is -2.23. The lowest BCUT2D eigenvalue weighted by Crippen LogP contribution is -2.48. The lowest BCUT2D eigenvalue weighted by atomic mass is 10.1. The molecule has 7 heteroatoms. The van der Waals surface area contributed by atoms with Crippen molar-refractivity contribution in [1.29, 1.82) is 0 Å². The second-order valence-corrected chi connectivity index (χ2v) is 7.56. The predicted octanol–water partition coefficient (Wildman–Crippen LogP) is 3.51. The van der Waals surface area contributed by atoms with Crippen molar-refractivity contribution in [2.45, 2.75) is 24.9 Å². The molecule has 0 aliphatic rings. The zero-order valence-corrected chi connectivity index (χ0v) is 17.7. The number of aromatic amines is 2. The van der Waals surface area contributed by atoms with Gasteiger partial charge in [-0.1, -0.05) is 36.4 Å². The van der Waals surface area contributed by atoms with E-state index in [-0.39, 0.29) is 18.6 Å². The largest absolute Gasteiger partial charge is 0.468 e. The number of ether oxygens (including phenoxy) is 1. The van der Waals surface area contributed by atoms with Gasteiger partial charge in [-0.15, -0.1) is 0 Å². The molecule has 4 aromatic rings. The minimum atomic E-state index is -0.534. The first-order valence-corrected chi connectivity index (χ1v) is 10.3. The van der Waals surface area contributed by atoms with Crippen LogP contribution in [0, 0.1) is 0 Å². The lowest BCUT2D eigenvalue weighted by molar-refractivity contribution is -0.276. The number of fused-ring (bicyclic) bond motifs is 2. The van der Waals surface area contributed by atoms with E-state index in [1.807, 2.05) is 42.5 Å². The summed E-state index contributed by atoms with van der Waals surface area (Å²) in [6.45, 7) is 0.284. The second-order valence-electron chi connectivity index (χ2n) is 7.56. The Labute approximate surface area is 180 Å². The first-order valence-electron chi connectivity index (χ1n) is 10.3. The van der Waals surface area contributed by atoms with Crippen LogP contribution in [0.1, 0.15) is 11.4 Å². The fraction of sp³-hybridized carbons (Fsp3) is 0.292. The molecule has 0 saturated carbocycles. The molecule has 0 saturated heterocycles. The van der Waals surface area contributed by atoms with Crippen molar-refractivity contribution in [3.8, 4) is 0 Å². The molecule has 7 nitrogen and oxygen atoms in total. The van der Waals surface area contributed by atoms with Gasteiger partial charge in [0.05, 0.1) is 20.8 Å². The van der Waals surface area contributed by atoms with E-state index < -0.39 is 6.04 Å². The zero-order chi connectivity index (χ0) is 21.6. The molecule has 31 heavy (non-hydrogen) atoms. The summed E-state index contributed by atoms with van der Waals surface area (Å²) in [4.78, 5) is 29.4. The molecule has 0 spiro atoms. The Bertz CT molecular complexity index is 1080. The third-order valence-electron chi connectivity index (χ3n) is 5.37. The third-order valence-corrected chi connectivity index (χ3v) is 5.37. The van der Waals surface area contributed by atoms with Gasteiger partial charge in [0, 0.05) is 41.3 Å². The van der Waals surface area contributed by atoms with Gasteiger partial charge in [-0.3, -0.25) is 10.1 Å². The summed E-state index contributed by atoms with van der Waals surface area (Å²) in [6, 6.07) is 19.6. The molecule has 2 aromatic heterocycles. The molecule has 0 amide bonds. The fourth-order valence-corrected chi connectivity index (χ4v) is 3.93. The van der Waals surface area contributed by atoms with Gasteiger partial charge < -0.3 is 14.7 Å². The number of carbonyl (C=O) groups is 1. The maximum Gasteiger partial charge on any atom is 0.323 e. The quantitative estimate of drug-likeness (QED) is 0.207. The van der Waals surface area contributed by atoms with Crippen molar-refractivity contribution in [2.75, 3.05) is 20.8 Å². The summed E-state index contributed by atoms with van der Waals surface area (Å²) in [5, 5.41) is 5.66. The number of benzene rings is 2. The Morgan fingerprint density at radius 1 is 0.903 bits per heavy atom. The predicted molar refractivity (Wildman–Crippen MR) is 120 cm³/mol. The Morgan fingerprint density at radius 2 is 1.48 bits per heavy atom. The number of para-hydroxylation sites is 2. The molecule has 0 radical (unpaired) electrons. The van der Waals surface area contributed by atoms with Gasteiger partial charge in [0.15, 0.2) is 0 Å². The van der Waals surface area contributed by atoms with Gasteiger partial charge in [0.2, 0.25) is 0 Å². The molecule has 2 unspecified atom stereocenters. The molecule has 2 atom stereocenters. The van der Waals surface area contributed by atoms with E-state index in [2.05, 4.69) is 33.5 Å². The number of carbonyl (C=O) groups excluding carboxylic acids is 1. The van der Waals surface area contributed by atoms with E-state index in [4.69, 9.17) is 14.5 Å². The summed E-state index contributed by atoms with van der Waals surface area (Å²) in [5.41, 5.74) is 4.12. The van der Waals surface area contributed by atoms with Crippen LogP contribution in [0.2, 0.25) is 0 Å². The van der Waals surface area contributed by atoms with E-state index in [1.54, 1.807) is 0 Å². The normalized spacial score (nSPS) is 13.5. The highest BCUT2D eigenvalue weighted by atomic mass is 17.2. The number of H-pyrrole nitrogens is 2. The number of nitrogens with one attached hydrogen (secondary N) is 3. The van der Waals surface area contributed by atoms with Crippen LogP contribution in [0.3, 0.4) is 0 Å². The van der Waals surface area contributed by atoms with Crippen LogP contribution in [0.25, 0.3) is 21.8 Å². The Hall–Kier alpha value is -3.13. The number of methoxy groups -OCH3 is 1. The number of aromatic nitrogens is 2. The van der Waals surface area contributed by atoms with E-state index in [0.29, 0.717) is 12.8 Å². The highest BCUT2D eigenvalue weighted by molar-refractivity contribution is 5.81. The summed E-state index contributed by atoms with van der Waals surface area (Å²) < 4.78 is 5.07. The number of hydrogen-bond donors (Lipinski definition) is 3. The maximum atomic E-state index is 12.6. The van der Waals surface area contributed by atoms with Crippen molar-refractivity contribution >= 4 is 27.8 Å². The van der Waals surface area contributed by atoms with Gasteiger partial charge in [-0.25, -0.2) is 9.78 Å². The summed E-state index contributed by atoms with van der Waals surface area (Å²) in [7, 11) is 2.88. The van der Waals surface area contributed by atoms with Crippen molar-refractivity contribution in [3.63, 3.8) is 0 Å². The highest BCUT2D eigenvalue weighted by Crippen LogP contribution is 2.18. The number of esters is 1. The molecule has 0 aliphatic heterocycles. The topological polar surface area (TPSA) is 88.4 Å². The molecule has 3 N–H and O–H groups in total. The Kier molecular flexibility index (Phi) is 6.66. The van der Waals surface area contributed by atoms with Crippen LogP contribution in [0.5, 0.6) is 0 Å². The second kappa shape index (κ2) is 9.78. The van der Waals surface area contributed by atoms with Crippen molar-refractivity contribution in [1.82, 2.24) is 15.3 Å².